The molecule has 0 unspecified atom stereocenters. The van der Waals surface area contributed by atoms with E-state index in [0.717, 1.165) is 38.5 Å². The molecule has 0 spiro atoms. The fourth-order valence-electron chi connectivity index (χ4n) is 3.73. The van der Waals surface area contributed by atoms with Crippen molar-refractivity contribution in [3.63, 3.8) is 0 Å². The summed E-state index contributed by atoms with van der Waals surface area (Å²) in [5.41, 5.74) is 5.63. The minimum Gasteiger partial charge on any atom is -0.356 e. The fraction of sp³-hybridized carbons (Fsp3) is 0.875. The third-order valence-electron chi connectivity index (χ3n) is 5.16. The molecule has 1 aliphatic carbocycles. The standard InChI is InChI=1S/C16H29N3O2/c1-2-18-14(20)13-6-10-19(11-7-13)15(21)16(12-17)8-4-3-5-9-16/h13H,2-12,17H2,1H3,(H,18,20). The Labute approximate surface area is 127 Å². The van der Waals surface area contributed by atoms with Crippen LogP contribution < -0.4 is 11.1 Å². The molecule has 2 aliphatic rings. The quantitative estimate of drug-likeness (QED) is 0.820. The maximum absolute atomic E-state index is 12.9. The maximum atomic E-state index is 12.9. The number of hydrogen-bond donors (Lipinski definition) is 2. The second kappa shape index (κ2) is 7.25. The molecule has 2 rings (SSSR count). The summed E-state index contributed by atoms with van der Waals surface area (Å²) in [4.78, 5) is 26.7. The summed E-state index contributed by atoms with van der Waals surface area (Å²) in [6, 6.07) is 0. The molecular formula is C16H29N3O2. The number of carbonyl (C=O) groups is 2. The van der Waals surface area contributed by atoms with E-state index in [9.17, 15) is 9.59 Å². The molecule has 0 bridgehead atoms. The number of carbonyl (C=O) groups excluding carboxylic acids is 2. The first-order chi connectivity index (χ1) is 10.1. The molecule has 120 valence electrons. The molecule has 0 radical (unpaired) electrons. The summed E-state index contributed by atoms with van der Waals surface area (Å²) in [5, 5.41) is 2.88. The molecule has 0 aromatic heterocycles. The Morgan fingerprint density at radius 3 is 2.33 bits per heavy atom. The van der Waals surface area contributed by atoms with Crippen LogP contribution in [0.25, 0.3) is 0 Å². The van der Waals surface area contributed by atoms with Crippen molar-refractivity contribution in [2.75, 3.05) is 26.2 Å². The highest BCUT2D eigenvalue weighted by atomic mass is 16.2. The molecule has 0 aromatic carbocycles. The molecule has 3 N–H and O–H groups in total. The predicted octanol–water partition coefficient (Wildman–Crippen LogP) is 1.27. The van der Waals surface area contributed by atoms with E-state index in [4.69, 9.17) is 5.73 Å². The van der Waals surface area contributed by atoms with Crippen LogP contribution in [0.4, 0.5) is 0 Å². The largest absolute Gasteiger partial charge is 0.356 e. The Kier molecular flexibility index (Phi) is 5.62. The third-order valence-corrected chi connectivity index (χ3v) is 5.16. The SMILES string of the molecule is CCNC(=O)C1CCN(C(=O)C2(CN)CCCCC2)CC1. The highest BCUT2D eigenvalue weighted by Crippen LogP contribution is 2.38. The number of hydrogen-bond acceptors (Lipinski definition) is 3. The number of piperidine rings is 1. The van der Waals surface area contributed by atoms with Gasteiger partial charge in [-0.15, -0.1) is 0 Å². The number of nitrogens with zero attached hydrogens (tertiary/aromatic N) is 1. The van der Waals surface area contributed by atoms with E-state index in [0.29, 0.717) is 26.2 Å². The van der Waals surface area contributed by atoms with Gasteiger partial charge >= 0.3 is 0 Å². The number of nitrogens with one attached hydrogen (secondary N) is 1. The summed E-state index contributed by atoms with van der Waals surface area (Å²) < 4.78 is 0. The van der Waals surface area contributed by atoms with Gasteiger partial charge in [0.25, 0.3) is 0 Å². The first-order valence-corrected chi connectivity index (χ1v) is 8.40. The van der Waals surface area contributed by atoms with Gasteiger partial charge in [0.2, 0.25) is 11.8 Å². The highest BCUT2D eigenvalue weighted by molar-refractivity contribution is 5.84. The van der Waals surface area contributed by atoms with Crippen molar-refractivity contribution in [2.45, 2.75) is 51.9 Å². The van der Waals surface area contributed by atoms with E-state index in [-0.39, 0.29) is 23.1 Å². The van der Waals surface area contributed by atoms with Gasteiger partial charge in [0, 0.05) is 32.1 Å². The third kappa shape index (κ3) is 3.57. The number of rotatable bonds is 4. The molecule has 1 heterocycles. The Balaban J connectivity index is 1.91. The van der Waals surface area contributed by atoms with Crippen LogP contribution in [-0.2, 0) is 9.59 Å². The van der Waals surface area contributed by atoms with Gasteiger partial charge in [0.05, 0.1) is 5.41 Å². The van der Waals surface area contributed by atoms with Gasteiger partial charge in [-0.05, 0) is 32.6 Å². The zero-order valence-corrected chi connectivity index (χ0v) is 13.2. The van der Waals surface area contributed by atoms with Gasteiger partial charge in [-0.2, -0.15) is 0 Å². The Morgan fingerprint density at radius 2 is 1.81 bits per heavy atom. The normalized spacial score (nSPS) is 22.9. The monoisotopic (exact) mass is 295 g/mol. The molecule has 2 amide bonds. The van der Waals surface area contributed by atoms with Gasteiger partial charge in [-0.1, -0.05) is 19.3 Å². The van der Waals surface area contributed by atoms with Crippen LogP contribution in [-0.4, -0.2) is 42.9 Å². The van der Waals surface area contributed by atoms with E-state index in [1.165, 1.54) is 6.42 Å². The van der Waals surface area contributed by atoms with Crippen LogP contribution in [0.3, 0.4) is 0 Å². The average Bonchev–Trinajstić information content (AvgIpc) is 2.55. The topological polar surface area (TPSA) is 75.4 Å². The van der Waals surface area contributed by atoms with Gasteiger partial charge in [-0.25, -0.2) is 0 Å². The molecule has 2 fully saturated rings. The van der Waals surface area contributed by atoms with Crippen LogP contribution >= 0.6 is 0 Å². The Hall–Kier alpha value is -1.10. The van der Waals surface area contributed by atoms with E-state index >= 15 is 0 Å². The molecule has 21 heavy (non-hydrogen) atoms. The highest BCUT2D eigenvalue weighted by Gasteiger charge is 2.41. The van der Waals surface area contributed by atoms with Crippen LogP contribution in [0.15, 0.2) is 0 Å². The van der Waals surface area contributed by atoms with E-state index in [2.05, 4.69) is 5.32 Å². The summed E-state index contributed by atoms with van der Waals surface area (Å²) in [7, 11) is 0. The molecule has 1 aliphatic heterocycles. The van der Waals surface area contributed by atoms with Crippen LogP contribution in [0.2, 0.25) is 0 Å². The summed E-state index contributed by atoms with van der Waals surface area (Å²) in [6.07, 6.45) is 6.85. The molecule has 0 aromatic rings. The summed E-state index contributed by atoms with van der Waals surface area (Å²) >= 11 is 0. The average molecular weight is 295 g/mol. The minimum atomic E-state index is -0.323. The lowest BCUT2D eigenvalue weighted by molar-refractivity contribution is -0.146. The predicted molar refractivity (Wildman–Crippen MR) is 82.6 cm³/mol. The fourth-order valence-corrected chi connectivity index (χ4v) is 3.73. The van der Waals surface area contributed by atoms with E-state index in [1.807, 2.05) is 11.8 Å². The Bertz CT molecular complexity index is 370. The van der Waals surface area contributed by atoms with Gasteiger partial charge < -0.3 is 16.0 Å². The zero-order chi connectivity index (χ0) is 15.3. The van der Waals surface area contributed by atoms with Crippen LogP contribution in [0.5, 0.6) is 0 Å². The molecule has 0 atom stereocenters. The second-order valence-electron chi connectivity index (χ2n) is 6.51. The lowest BCUT2D eigenvalue weighted by Gasteiger charge is -2.41. The smallest absolute Gasteiger partial charge is 0.230 e. The molecular weight excluding hydrogens is 266 g/mol. The zero-order valence-electron chi connectivity index (χ0n) is 13.2. The van der Waals surface area contributed by atoms with E-state index in [1.54, 1.807) is 0 Å². The molecule has 5 nitrogen and oxygen atoms in total. The first kappa shape index (κ1) is 16.3. The van der Waals surface area contributed by atoms with Crippen molar-refractivity contribution in [1.82, 2.24) is 10.2 Å². The van der Waals surface area contributed by atoms with Crippen LogP contribution in [0.1, 0.15) is 51.9 Å². The van der Waals surface area contributed by atoms with Gasteiger partial charge in [0.1, 0.15) is 0 Å². The van der Waals surface area contributed by atoms with Crippen molar-refractivity contribution in [3.8, 4) is 0 Å². The van der Waals surface area contributed by atoms with Crippen molar-refractivity contribution in [3.05, 3.63) is 0 Å². The first-order valence-electron chi connectivity index (χ1n) is 8.40. The van der Waals surface area contributed by atoms with Crippen LogP contribution in [0, 0.1) is 11.3 Å². The molecule has 1 saturated heterocycles. The minimum absolute atomic E-state index is 0.0641. The van der Waals surface area contributed by atoms with E-state index < -0.39 is 0 Å². The summed E-state index contributed by atoms with van der Waals surface area (Å²) in [5.74, 6) is 0.434. The van der Waals surface area contributed by atoms with Crippen molar-refractivity contribution in [2.24, 2.45) is 17.1 Å². The number of amides is 2. The number of likely N-dealkylation sites (tertiary alicyclic amines) is 1. The van der Waals surface area contributed by atoms with Crippen molar-refractivity contribution >= 4 is 11.8 Å². The molecule has 5 heteroatoms. The Morgan fingerprint density at radius 1 is 1.19 bits per heavy atom. The summed E-state index contributed by atoms with van der Waals surface area (Å²) in [6.45, 7) is 4.46. The lowest BCUT2D eigenvalue weighted by atomic mass is 9.72. The lowest BCUT2D eigenvalue weighted by Crippen LogP contribution is -2.52. The van der Waals surface area contributed by atoms with Gasteiger partial charge in [0.15, 0.2) is 0 Å². The van der Waals surface area contributed by atoms with Crippen molar-refractivity contribution in [1.29, 1.82) is 0 Å². The van der Waals surface area contributed by atoms with Crippen molar-refractivity contribution < 1.29 is 9.59 Å². The second-order valence-corrected chi connectivity index (χ2v) is 6.51. The van der Waals surface area contributed by atoms with Gasteiger partial charge in [-0.3, -0.25) is 9.59 Å². The number of nitrogens with two attached hydrogens (primary N) is 1. The maximum Gasteiger partial charge on any atom is 0.230 e. The molecule has 1 saturated carbocycles.